The Morgan fingerprint density at radius 3 is 0.980 bits per heavy atom. The van der Waals surface area contributed by atoms with Crippen molar-refractivity contribution in [3.05, 3.63) is 346 Å². The number of anilines is 12. The van der Waals surface area contributed by atoms with Gasteiger partial charge in [0.15, 0.2) is 23.3 Å². The summed E-state index contributed by atoms with van der Waals surface area (Å²) in [5, 5.41) is 33.5. The standard InChI is InChI=1S/C31H30N6O.2C30H29N7O.C26H25F3N6O/c1-20-11-15-22(16-12-20)23-17-13-21(14-18-23)19-36-29-27(28(34-36)32-24-7-4-3-5-8-24)30(38)35(2)31-33-25-9-6-10-26(25)37(29)31;1-19-11-16-23(31-17-19)21-14-12-20(13-15-21)18-36-27(32-22-7-4-3-5-8-22)26-28(34-36)37-25-10-6-9-24(25)33-30(37)35(2)29(26)38;1-19-11-16-23(31-17-19)21-14-12-20(13-15-21)18-36-28-26(27(34-36)32-22-7-4-3-5-8-22)29(38)35(2)30-33-24-9-6-10-25(24)37(28)30;1-26(28,29)16-8-6-15(7-9-16)14-34-22(30-18-12-10-17(27)11-13-18)21-23(32-34)35-20-5-3-4-19(20)31-25(35)33(2)24(21)36/h3-5,7-8,11-18,25-26H,6,9-10,19H2,1-2H3,(H,32,34);3-5,7-8,11-17,24-25,32H,6,9-10,18H2,1-2H3;3-5,7-8,11-17,24-25H,6,9-10,18H2,1-2H3,(H,32,34);6-13,19-20,30H,3-5,14H2,1-2H3/t25-,26+;2*24-,25+;19-,20+/m1111/s1. The first-order valence-corrected chi connectivity index (χ1v) is 51.6. The van der Waals surface area contributed by atoms with Crippen molar-refractivity contribution in [3.8, 4) is 33.6 Å². The molecule has 4 fully saturated rings. The number of hydrogen-bond donors (Lipinski definition) is 4. The molecular weight excluding hydrogens is 1890 g/mol. The van der Waals surface area contributed by atoms with Crippen molar-refractivity contribution < 1.29 is 32.3 Å². The number of carbonyl (C=O) groups excluding carboxylic acids is 4. The van der Waals surface area contributed by atoms with Gasteiger partial charge in [0.2, 0.25) is 23.8 Å². The number of aryl methyl sites for hydroxylation is 3. The van der Waals surface area contributed by atoms with Gasteiger partial charge in [0, 0.05) is 86.9 Å². The van der Waals surface area contributed by atoms with Gasteiger partial charge in [-0.05, 0) is 215 Å². The average Bonchev–Trinajstić information content (AvgIpc) is 1.56. The minimum Gasteiger partial charge on any atom is -0.340 e. The van der Waals surface area contributed by atoms with Crippen LogP contribution < -0.4 is 40.9 Å². The van der Waals surface area contributed by atoms with Crippen molar-refractivity contribution in [2.75, 3.05) is 69.1 Å². The van der Waals surface area contributed by atoms with Crippen molar-refractivity contribution in [1.29, 1.82) is 0 Å². The van der Waals surface area contributed by atoms with Crippen LogP contribution in [0.5, 0.6) is 0 Å². The summed E-state index contributed by atoms with van der Waals surface area (Å²) >= 11 is 0. The number of para-hydroxylation sites is 3. The van der Waals surface area contributed by atoms with Gasteiger partial charge in [-0.25, -0.2) is 51.9 Å². The number of fused-ring (bicyclic) bond motifs is 20. The Morgan fingerprint density at radius 1 is 0.320 bits per heavy atom. The molecule has 0 unspecified atom stereocenters. The molecule has 6 aromatic heterocycles. The number of alkyl halides is 2. The first-order valence-electron chi connectivity index (χ1n) is 51.6. The first-order chi connectivity index (χ1) is 72.9. The highest BCUT2D eigenvalue weighted by atomic mass is 19.3. The van der Waals surface area contributed by atoms with Crippen molar-refractivity contribution in [1.82, 2.24) is 68.7 Å². The number of halogens is 3. The van der Waals surface area contributed by atoms with E-state index in [1.807, 2.05) is 165 Å². The molecular formula is C117H113F3N26O4. The molecule has 33 heteroatoms. The summed E-state index contributed by atoms with van der Waals surface area (Å²) in [4.78, 5) is 98.9. The molecule has 4 N–H and O–H groups in total. The van der Waals surface area contributed by atoms with E-state index in [1.54, 1.807) is 55.6 Å². The first kappa shape index (κ1) is 95.1. The summed E-state index contributed by atoms with van der Waals surface area (Å²) in [6, 6.07) is 85.7. The van der Waals surface area contributed by atoms with Gasteiger partial charge in [-0.2, -0.15) is 20.4 Å². The molecule has 27 rings (SSSR count). The molecule has 0 spiro atoms. The predicted octanol–water partition coefficient (Wildman–Crippen LogP) is 21.4. The van der Waals surface area contributed by atoms with Gasteiger partial charge in [0.25, 0.3) is 29.6 Å². The second-order valence-corrected chi connectivity index (χ2v) is 40.8. The Bertz CT molecular complexity index is 7570. The van der Waals surface area contributed by atoms with Crippen LogP contribution in [0.25, 0.3) is 33.6 Å². The average molecular weight is 2000 g/mol. The van der Waals surface area contributed by atoms with Crippen LogP contribution in [-0.4, -0.2) is 193 Å². The van der Waals surface area contributed by atoms with E-state index in [2.05, 4.69) is 167 Å². The third-order valence-electron chi connectivity index (χ3n) is 30.7. The third-order valence-corrected chi connectivity index (χ3v) is 30.7. The summed E-state index contributed by atoms with van der Waals surface area (Å²) in [5.41, 5.74) is 19.5. The smallest absolute Gasteiger partial charge is 0.270 e. The highest BCUT2D eigenvalue weighted by Crippen LogP contribution is 2.50. The lowest BCUT2D eigenvalue weighted by molar-refractivity contribution is 0.0174. The molecule has 30 nitrogen and oxygen atoms in total. The van der Waals surface area contributed by atoms with Crippen LogP contribution in [0.2, 0.25) is 0 Å². The maximum Gasteiger partial charge on any atom is 0.270 e. The van der Waals surface area contributed by atoms with Crippen molar-refractivity contribution in [2.45, 2.75) is 185 Å². The topological polar surface area (TPSA) is 289 Å². The second kappa shape index (κ2) is 38.9. The fourth-order valence-electron chi connectivity index (χ4n) is 22.9. The summed E-state index contributed by atoms with van der Waals surface area (Å²) in [7, 11) is 7.17. The van der Waals surface area contributed by atoms with Crippen LogP contribution in [-0.2, 0) is 32.1 Å². The predicted molar refractivity (Wildman–Crippen MR) is 579 cm³/mol. The number of guanidine groups is 4. The lowest BCUT2D eigenvalue weighted by atomic mass is 10.0. The van der Waals surface area contributed by atoms with Crippen LogP contribution >= 0.6 is 0 Å². The highest BCUT2D eigenvalue weighted by Gasteiger charge is 2.55. The van der Waals surface area contributed by atoms with Crippen molar-refractivity contribution in [2.24, 2.45) is 20.0 Å². The zero-order valence-electron chi connectivity index (χ0n) is 84.5. The van der Waals surface area contributed by atoms with Gasteiger partial charge in [0.05, 0.1) is 85.9 Å². The number of rotatable bonds is 20. The maximum atomic E-state index is 13.7. The Balaban J connectivity index is 0.000000106. The van der Waals surface area contributed by atoms with Crippen LogP contribution in [0.1, 0.15) is 170 Å². The molecule has 4 amide bonds. The molecule has 0 saturated heterocycles. The van der Waals surface area contributed by atoms with Crippen LogP contribution in [0.4, 0.5) is 82.5 Å². The van der Waals surface area contributed by atoms with E-state index in [0.29, 0.717) is 88.4 Å². The van der Waals surface area contributed by atoms with Gasteiger partial charge >= 0.3 is 0 Å². The zero-order chi connectivity index (χ0) is 103. The molecule has 12 aliphatic rings. The summed E-state index contributed by atoms with van der Waals surface area (Å²) in [6.45, 7) is 8.92. The van der Waals surface area contributed by atoms with E-state index < -0.39 is 5.92 Å². The minimum atomic E-state index is -2.93. The van der Waals surface area contributed by atoms with Gasteiger partial charge in [0.1, 0.15) is 51.3 Å². The number of benzene rings is 9. The lowest BCUT2D eigenvalue weighted by Crippen LogP contribution is -2.52. The van der Waals surface area contributed by atoms with Gasteiger partial charge in [-0.15, -0.1) is 0 Å². The highest BCUT2D eigenvalue weighted by molar-refractivity contribution is 6.24. The van der Waals surface area contributed by atoms with Crippen LogP contribution in [0, 0.1) is 26.6 Å². The number of hydrogen-bond acceptors (Lipinski definition) is 22. The van der Waals surface area contributed by atoms with E-state index in [0.717, 1.165) is 186 Å². The Morgan fingerprint density at radius 2 is 0.627 bits per heavy atom. The number of amides is 4. The summed E-state index contributed by atoms with van der Waals surface area (Å²) < 4.78 is 48.5. The molecule has 150 heavy (non-hydrogen) atoms. The van der Waals surface area contributed by atoms with Crippen molar-refractivity contribution in [3.63, 3.8) is 0 Å². The number of carbonyl (C=O) groups is 4. The minimum absolute atomic E-state index is 0.0716. The quantitative estimate of drug-likeness (QED) is 0.0551. The van der Waals surface area contributed by atoms with Crippen LogP contribution in [0.15, 0.2) is 293 Å². The van der Waals surface area contributed by atoms with E-state index in [4.69, 9.17) is 40.4 Å². The molecule has 0 bridgehead atoms. The fourth-order valence-corrected chi connectivity index (χ4v) is 22.9. The SMILES string of the molecule is CN1C(=O)c2c(nn(Cc3ccc(C(C)(F)F)cc3)c2Nc2ccc(F)cc2)N2C1=N[C@@H]1CCC[C@@H]12.Cc1ccc(-c2ccc(Cn3nc(Nc4ccccc4)c4c3N3C(=N[C@@H]5CCC[C@@H]53)N(C)C4=O)cc2)cc1.Cc1ccc(-c2ccc(Cn3nc(Nc4ccccc4)c4c3N3C(=N[C@@H]5CCC[C@@H]53)N(C)C4=O)cc2)nc1.Cc1ccc(-c2ccc(Cn3nc4c(c3Nc3ccccc3)C(=O)N(C)C3=N[C@@H]5CCC[C@@H]5N34)cc2)nc1. The third kappa shape index (κ3) is 17.7. The molecule has 8 atom stereocenters. The molecule has 0 radical (unpaired) electrons. The molecule has 4 aliphatic carbocycles. The van der Waals surface area contributed by atoms with E-state index in [9.17, 15) is 32.3 Å². The van der Waals surface area contributed by atoms with Gasteiger partial charge < -0.3 is 21.3 Å². The number of pyridine rings is 2. The zero-order valence-corrected chi connectivity index (χ0v) is 84.5. The van der Waals surface area contributed by atoms with E-state index in [-0.39, 0.29) is 89.9 Å². The van der Waals surface area contributed by atoms with E-state index >= 15 is 0 Å². The Kier molecular flexibility index (Phi) is 24.7. The van der Waals surface area contributed by atoms with Crippen molar-refractivity contribution >= 4 is 117 Å². The monoisotopic (exact) mass is 2000 g/mol. The molecule has 9 aromatic carbocycles. The normalized spacial score (nSPS) is 20.0. The fraction of sp³-hybridized carbons (Fsp3) is 0.282. The Hall–Kier alpha value is -17.1. The van der Waals surface area contributed by atoms with Crippen LogP contribution in [0.3, 0.4) is 0 Å². The van der Waals surface area contributed by atoms with Gasteiger partial charge in [-0.3, -0.25) is 68.3 Å². The largest absolute Gasteiger partial charge is 0.340 e. The lowest BCUT2D eigenvalue weighted by Gasteiger charge is -2.35. The molecule has 15 aromatic rings. The molecule has 14 heterocycles. The number of aromatic nitrogens is 10. The molecule has 8 aliphatic heterocycles. The van der Waals surface area contributed by atoms with Gasteiger partial charge in [-0.1, -0.05) is 194 Å². The number of nitrogens with one attached hydrogen (secondary N) is 4. The molecule has 4 saturated carbocycles. The summed E-state index contributed by atoms with van der Waals surface area (Å²) in [6.07, 6.45) is 16.6. The summed E-state index contributed by atoms with van der Waals surface area (Å²) in [5.74, 6) is 4.29. The maximum absolute atomic E-state index is 13.7. The van der Waals surface area contributed by atoms with E-state index in [1.165, 1.54) is 41.0 Å². The Labute approximate surface area is 866 Å². The molecule has 756 valence electrons. The number of nitrogens with zero attached hydrogens (tertiary/aromatic N) is 22. The number of aliphatic imine (C=N–C) groups is 4. The second-order valence-electron chi connectivity index (χ2n) is 40.8.